The summed E-state index contributed by atoms with van der Waals surface area (Å²) in [6.07, 6.45) is 1.33. The van der Waals surface area contributed by atoms with Gasteiger partial charge >= 0.3 is 0 Å². The van der Waals surface area contributed by atoms with Crippen LogP contribution in [0.2, 0.25) is 0 Å². The Balaban J connectivity index is 4.23. The van der Waals surface area contributed by atoms with Gasteiger partial charge in [-0.1, -0.05) is 20.8 Å². The molecule has 0 aromatic rings. The zero-order chi connectivity index (χ0) is 11.0. The molecule has 0 aliphatic carbocycles. The molecule has 0 aliphatic rings. The van der Waals surface area contributed by atoms with E-state index in [1.165, 1.54) is 0 Å². The van der Waals surface area contributed by atoms with E-state index in [9.17, 15) is 0 Å². The van der Waals surface area contributed by atoms with Crippen molar-refractivity contribution < 1.29 is 0 Å². The van der Waals surface area contributed by atoms with Crippen LogP contribution in [-0.4, -0.2) is 24.0 Å². The Kier molecular flexibility index (Phi) is 6.80. The molecule has 14 heavy (non-hydrogen) atoms. The van der Waals surface area contributed by atoms with Crippen LogP contribution in [0.3, 0.4) is 0 Å². The third-order valence-electron chi connectivity index (χ3n) is 2.09. The molecule has 0 saturated heterocycles. The number of hydrogen-bond acceptors (Lipinski definition) is 3. The van der Waals surface area contributed by atoms with Crippen LogP contribution in [0.4, 0.5) is 0 Å². The number of nitriles is 2. The summed E-state index contributed by atoms with van der Waals surface area (Å²) in [6.45, 7) is 7.87. The Hall–Kier alpha value is -1.06. The molecule has 0 spiro atoms. The third kappa shape index (κ3) is 4.84. The Morgan fingerprint density at radius 1 is 1.29 bits per heavy atom. The maximum Gasteiger partial charge on any atom is 0.0975 e. The second-order valence-electron chi connectivity index (χ2n) is 3.85. The third-order valence-corrected chi connectivity index (χ3v) is 2.09. The largest absolute Gasteiger partial charge is 0.287 e. The van der Waals surface area contributed by atoms with E-state index in [4.69, 9.17) is 10.5 Å². The lowest BCUT2D eigenvalue weighted by Crippen LogP contribution is -2.37. The van der Waals surface area contributed by atoms with Crippen molar-refractivity contribution in [2.75, 3.05) is 13.1 Å². The highest BCUT2D eigenvalue weighted by molar-refractivity contribution is 4.92. The zero-order valence-corrected chi connectivity index (χ0v) is 9.32. The molecule has 0 saturated carbocycles. The lowest BCUT2D eigenvalue weighted by molar-refractivity contribution is 0.209. The maximum atomic E-state index is 8.93. The van der Waals surface area contributed by atoms with Crippen molar-refractivity contribution in [3.8, 4) is 12.1 Å². The molecule has 0 amide bonds. The van der Waals surface area contributed by atoms with Crippen LogP contribution in [-0.2, 0) is 0 Å². The van der Waals surface area contributed by atoms with E-state index in [1.54, 1.807) is 0 Å². The van der Waals surface area contributed by atoms with Gasteiger partial charge in [0.15, 0.2) is 0 Å². The fraction of sp³-hybridized carbons (Fsp3) is 0.818. The molecule has 0 radical (unpaired) electrons. The van der Waals surface area contributed by atoms with E-state index >= 15 is 0 Å². The second kappa shape index (κ2) is 7.35. The summed E-state index contributed by atoms with van der Waals surface area (Å²) in [7, 11) is 0. The fourth-order valence-corrected chi connectivity index (χ4v) is 1.47. The molecule has 1 unspecified atom stereocenters. The first-order chi connectivity index (χ1) is 6.65. The van der Waals surface area contributed by atoms with E-state index in [-0.39, 0.29) is 6.04 Å². The smallest absolute Gasteiger partial charge is 0.0975 e. The highest BCUT2D eigenvalue weighted by atomic mass is 15.1. The standard InChI is InChI=1S/C11H19N3/c1-4-11(8-13)14(7-5-6-12)9-10(2)3/h10-11H,4-5,7,9H2,1-3H3. The average molecular weight is 193 g/mol. The summed E-state index contributed by atoms with van der Waals surface area (Å²) in [6, 6.07) is 4.37. The van der Waals surface area contributed by atoms with Crippen molar-refractivity contribution in [1.29, 1.82) is 10.5 Å². The second-order valence-corrected chi connectivity index (χ2v) is 3.85. The van der Waals surface area contributed by atoms with E-state index in [1.807, 2.05) is 6.92 Å². The van der Waals surface area contributed by atoms with E-state index in [0.29, 0.717) is 18.9 Å². The molecule has 3 nitrogen and oxygen atoms in total. The minimum Gasteiger partial charge on any atom is -0.287 e. The van der Waals surface area contributed by atoms with Gasteiger partial charge in [0.2, 0.25) is 0 Å². The Morgan fingerprint density at radius 2 is 1.93 bits per heavy atom. The SMILES string of the molecule is CCC(C#N)N(CCC#N)CC(C)C. The minimum absolute atomic E-state index is 0.0363. The van der Waals surface area contributed by atoms with Crippen LogP contribution in [0, 0.1) is 28.6 Å². The van der Waals surface area contributed by atoms with Crippen LogP contribution >= 0.6 is 0 Å². The molecule has 0 N–H and O–H groups in total. The highest BCUT2D eigenvalue weighted by Gasteiger charge is 2.16. The van der Waals surface area contributed by atoms with Gasteiger partial charge in [-0.2, -0.15) is 10.5 Å². The molecule has 0 aliphatic heterocycles. The summed E-state index contributed by atoms with van der Waals surface area (Å²) in [4.78, 5) is 2.11. The minimum atomic E-state index is -0.0363. The van der Waals surface area contributed by atoms with Crippen molar-refractivity contribution in [3.63, 3.8) is 0 Å². The van der Waals surface area contributed by atoms with Gasteiger partial charge in [0, 0.05) is 19.5 Å². The van der Waals surface area contributed by atoms with Crippen LogP contribution in [0.1, 0.15) is 33.6 Å². The first-order valence-corrected chi connectivity index (χ1v) is 5.16. The molecule has 0 heterocycles. The van der Waals surface area contributed by atoms with Gasteiger partial charge in [-0.15, -0.1) is 0 Å². The molecule has 0 aromatic heterocycles. The van der Waals surface area contributed by atoms with Crippen LogP contribution in [0.5, 0.6) is 0 Å². The summed E-state index contributed by atoms with van der Waals surface area (Å²) >= 11 is 0. The van der Waals surface area contributed by atoms with Crippen molar-refractivity contribution in [2.45, 2.75) is 39.7 Å². The zero-order valence-electron chi connectivity index (χ0n) is 9.32. The van der Waals surface area contributed by atoms with Crippen molar-refractivity contribution in [2.24, 2.45) is 5.92 Å². The highest BCUT2D eigenvalue weighted by Crippen LogP contribution is 2.07. The van der Waals surface area contributed by atoms with Crippen LogP contribution in [0.25, 0.3) is 0 Å². The van der Waals surface area contributed by atoms with Gasteiger partial charge in [0.05, 0.1) is 18.2 Å². The molecule has 3 heteroatoms. The molecular weight excluding hydrogens is 174 g/mol. The van der Waals surface area contributed by atoms with Gasteiger partial charge in [-0.3, -0.25) is 4.90 Å². The number of nitrogens with zero attached hydrogens (tertiary/aromatic N) is 3. The van der Waals surface area contributed by atoms with E-state index in [0.717, 1.165) is 13.0 Å². The molecule has 0 bridgehead atoms. The molecule has 0 fully saturated rings. The van der Waals surface area contributed by atoms with Crippen molar-refractivity contribution >= 4 is 0 Å². The topological polar surface area (TPSA) is 50.8 Å². The van der Waals surface area contributed by atoms with Gasteiger partial charge in [-0.25, -0.2) is 0 Å². The fourth-order valence-electron chi connectivity index (χ4n) is 1.47. The molecule has 0 aromatic carbocycles. The predicted molar refractivity (Wildman–Crippen MR) is 56.3 cm³/mol. The summed E-state index contributed by atoms with van der Waals surface area (Å²) in [5.41, 5.74) is 0. The maximum absolute atomic E-state index is 8.93. The molecule has 78 valence electrons. The molecular formula is C11H19N3. The summed E-state index contributed by atoms with van der Waals surface area (Å²) < 4.78 is 0. The predicted octanol–water partition coefficient (Wildman–Crippen LogP) is 2.16. The first-order valence-electron chi connectivity index (χ1n) is 5.16. The average Bonchev–Trinajstić information content (AvgIpc) is 2.15. The monoisotopic (exact) mass is 193 g/mol. The van der Waals surface area contributed by atoms with E-state index in [2.05, 4.69) is 30.9 Å². The lowest BCUT2D eigenvalue weighted by atomic mass is 10.1. The van der Waals surface area contributed by atoms with Crippen molar-refractivity contribution in [3.05, 3.63) is 0 Å². The molecule has 1 atom stereocenters. The van der Waals surface area contributed by atoms with Gasteiger partial charge in [0.1, 0.15) is 0 Å². The quantitative estimate of drug-likeness (QED) is 0.649. The summed E-state index contributed by atoms with van der Waals surface area (Å²) in [5, 5.41) is 17.5. The Bertz CT molecular complexity index is 222. The van der Waals surface area contributed by atoms with E-state index < -0.39 is 0 Å². The van der Waals surface area contributed by atoms with Gasteiger partial charge in [-0.05, 0) is 12.3 Å². The Labute approximate surface area is 86.9 Å². The van der Waals surface area contributed by atoms with Crippen LogP contribution in [0.15, 0.2) is 0 Å². The van der Waals surface area contributed by atoms with Gasteiger partial charge in [0.25, 0.3) is 0 Å². The first kappa shape index (κ1) is 12.9. The number of hydrogen-bond donors (Lipinski definition) is 0. The Morgan fingerprint density at radius 3 is 2.29 bits per heavy atom. The van der Waals surface area contributed by atoms with Gasteiger partial charge < -0.3 is 0 Å². The summed E-state index contributed by atoms with van der Waals surface area (Å²) in [5.74, 6) is 0.538. The lowest BCUT2D eigenvalue weighted by Gasteiger charge is -2.26. The van der Waals surface area contributed by atoms with Crippen molar-refractivity contribution in [1.82, 2.24) is 4.90 Å². The molecule has 0 rings (SSSR count). The normalized spacial score (nSPS) is 12.5. The number of rotatable bonds is 6. The van der Waals surface area contributed by atoms with Crippen LogP contribution < -0.4 is 0 Å².